The first-order chi connectivity index (χ1) is 10.1. The van der Waals surface area contributed by atoms with E-state index in [2.05, 4.69) is 27.3 Å². The van der Waals surface area contributed by atoms with Crippen LogP contribution in [0.1, 0.15) is 34.3 Å². The van der Waals surface area contributed by atoms with Crippen molar-refractivity contribution in [1.29, 1.82) is 0 Å². The van der Waals surface area contributed by atoms with Crippen molar-refractivity contribution < 1.29 is 9.90 Å². The molecule has 0 spiro atoms. The summed E-state index contributed by atoms with van der Waals surface area (Å²) >= 11 is 3.47. The van der Waals surface area contributed by atoms with Crippen LogP contribution in [-0.4, -0.2) is 11.0 Å². The highest BCUT2D eigenvalue weighted by Gasteiger charge is 2.45. The molecule has 2 aromatic rings. The Labute approximate surface area is 132 Å². The molecule has 0 radical (unpaired) electrons. The lowest BCUT2D eigenvalue weighted by Gasteiger charge is -2.18. The molecule has 1 aliphatic rings. The largest absolute Gasteiger partial charge is 0.392 e. The first kappa shape index (κ1) is 14.3. The van der Waals surface area contributed by atoms with E-state index < -0.39 is 0 Å². The number of hydrogen-bond donors (Lipinski definition) is 2. The molecule has 1 saturated carbocycles. The first-order valence-corrected chi connectivity index (χ1v) is 7.71. The van der Waals surface area contributed by atoms with Crippen molar-refractivity contribution in [2.24, 2.45) is 0 Å². The minimum atomic E-state index is -0.240. The minimum Gasteiger partial charge on any atom is -0.392 e. The fraction of sp³-hybridized carbons (Fsp3) is 0.235. The summed E-state index contributed by atoms with van der Waals surface area (Å²) in [5.41, 5.74) is 2.22. The van der Waals surface area contributed by atoms with E-state index >= 15 is 0 Å². The van der Waals surface area contributed by atoms with Crippen molar-refractivity contribution in [2.45, 2.75) is 25.0 Å². The predicted molar refractivity (Wildman–Crippen MR) is 84.9 cm³/mol. The van der Waals surface area contributed by atoms with Crippen LogP contribution < -0.4 is 5.32 Å². The molecule has 0 atom stereocenters. The molecule has 3 rings (SSSR count). The second-order valence-electron chi connectivity index (χ2n) is 5.41. The Bertz CT molecular complexity index is 680. The molecule has 3 nitrogen and oxygen atoms in total. The highest BCUT2D eigenvalue weighted by atomic mass is 79.9. The highest BCUT2D eigenvalue weighted by molar-refractivity contribution is 9.10. The summed E-state index contributed by atoms with van der Waals surface area (Å²) in [6.45, 7) is -0.0576. The summed E-state index contributed by atoms with van der Waals surface area (Å²) in [6, 6.07) is 15.2. The van der Waals surface area contributed by atoms with Gasteiger partial charge in [0.15, 0.2) is 0 Å². The van der Waals surface area contributed by atoms with Gasteiger partial charge < -0.3 is 10.4 Å². The number of carbonyl (C=O) groups is 1. The molecule has 0 unspecified atom stereocenters. The molecule has 4 heteroatoms. The SMILES string of the molecule is O=C(NC1(c2cccc(Br)c2)CC1)c1cccc(CO)c1. The molecule has 0 bridgehead atoms. The van der Waals surface area contributed by atoms with E-state index in [-0.39, 0.29) is 18.1 Å². The monoisotopic (exact) mass is 345 g/mol. The third-order valence-electron chi connectivity index (χ3n) is 3.85. The van der Waals surface area contributed by atoms with Crippen LogP contribution in [0.4, 0.5) is 0 Å². The Morgan fingerprint density at radius 2 is 1.95 bits per heavy atom. The van der Waals surface area contributed by atoms with Gasteiger partial charge in [-0.15, -0.1) is 0 Å². The van der Waals surface area contributed by atoms with Crippen molar-refractivity contribution >= 4 is 21.8 Å². The summed E-state index contributed by atoms with van der Waals surface area (Å²) in [6.07, 6.45) is 1.91. The van der Waals surface area contributed by atoms with E-state index in [4.69, 9.17) is 5.11 Å². The lowest BCUT2D eigenvalue weighted by molar-refractivity contribution is 0.0930. The fourth-order valence-electron chi connectivity index (χ4n) is 2.50. The van der Waals surface area contributed by atoms with Gasteiger partial charge in [0, 0.05) is 10.0 Å². The van der Waals surface area contributed by atoms with Crippen molar-refractivity contribution in [3.8, 4) is 0 Å². The zero-order chi connectivity index (χ0) is 14.9. The van der Waals surface area contributed by atoms with Crippen molar-refractivity contribution in [2.75, 3.05) is 0 Å². The van der Waals surface area contributed by atoms with Crippen LogP contribution in [-0.2, 0) is 12.1 Å². The Morgan fingerprint density at radius 3 is 2.62 bits per heavy atom. The molecule has 0 saturated heterocycles. The fourth-order valence-corrected chi connectivity index (χ4v) is 2.90. The molecule has 108 valence electrons. The minimum absolute atomic E-state index is 0.0576. The predicted octanol–water partition coefficient (Wildman–Crippen LogP) is 3.36. The molecular formula is C17H16BrNO2. The number of nitrogens with one attached hydrogen (secondary N) is 1. The number of aliphatic hydroxyl groups is 1. The summed E-state index contributed by atoms with van der Waals surface area (Å²) in [5.74, 6) is -0.0947. The molecule has 0 aliphatic heterocycles. The molecule has 1 amide bonds. The number of halogens is 1. The van der Waals surface area contributed by atoms with Crippen molar-refractivity contribution in [1.82, 2.24) is 5.32 Å². The van der Waals surface area contributed by atoms with Crippen LogP contribution in [0.25, 0.3) is 0 Å². The smallest absolute Gasteiger partial charge is 0.251 e. The number of amides is 1. The zero-order valence-electron chi connectivity index (χ0n) is 11.5. The molecule has 2 aromatic carbocycles. The number of carbonyl (C=O) groups excluding carboxylic acids is 1. The lowest BCUT2D eigenvalue weighted by Crippen LogP contribution is -2.34. The van der Waals surface area contributed by atoms with Gasteiger partial charge in [-0.2, -0.15) is 0 Å². The average molecular weight is 346 g/mol. The van der Waals surface area contributed by atoms with E-state index in [1.54, 1.807) is 24.3 Å². The van der Waals surface area contributed by atoms with Gasteiger partial charge in [0.2, 0.25) is 0 Å². The van der Waals surface area contributed by atoms with Crippen LogP contribution in [0.3, 0.4) is 0 Å². The van der Waals surface area contributed by atoms with Crippen molar-refractivity contribution in [3.63, 3.8) is 0 Å². The topological polar surface area (TPSA) is 49.3 Å². The van der Waals surface area contributed by atoms with Gasteiger partial charge in [-0.3, -0.25) is 4.79 Å². The molecule has 1 aliphatic carbocycles. The molecular weight excluding hydrogens is 330 g/mol. The Balaban J connectivity index is 1.81. The van der Waals surface area contributed by atoms with Gasteiger partial charge in [-0.05, 0) is 48.2 Å². The zero-order valence-corrected chi connectivity index (χ0v) is 13.1. The summed E-state index contributed by atoms with van der Waals surface area (Å²) < 4.78 is 1.02. The van der Waals surface area contributed by atoms with Crippen LogP contribution >= 0.6 is 15.9 Å². The van der Waals surface area contributed by atoms with E-state index in [1.807, 2.05) is 18.2 Å². The molecule has 1 fully saturated rings. The van der Waals surface area contributed by atoms with Gasteiger partial charge in [-0.1, -0.05) is 40.2 Å². The molecule has 21 heavy (non-hydrogen) atoms. The van der Waals surface area contributed by atoms with Gasteiger partial charge in [0.25, 0.3) is 5.91 Å². The van der Waals surface area contributed by atoms with Crippen molar-refractivity contribution in [3.05, 3.63) is 69.7 Å². The highest BCUT2D eigenvalue weighted by Crippen LogP contribution is 2.46. The Morgan fingerprint density at radius 1 is 1.19 bits per heavy atom. The normalized spacial score (nSPS) is 15.5. The summed E-state index contributed by atoms with van der Waals surface area (Å²) in [4.78, 5) is 12.4. The first-order valence-electron chi connectivity index (χ1n) is 6.91. The molecule has 2 N–H and O–H groups in total. The van der Waals surface area contributed by atoms with E-state index in [0.29, 0.717) is 5.56 Å². The van der Waals surface area contributed by atoms with E-state index in [0.717, 1.165) is 28.4 Å². The average Bonchev–Trinajstić information content (AvgIpc) is 3.28. The van der Waals surface area contributed by atoms with Gasteiger partial charge >= 0.3 is 0 Å². The number of benzene rings is 2. The van der Waals surface area contributed by atoms with Gasteiger partial charge in [0.1, 0.15) is 0 Å². The quantitative estimate of drug-likeness (QED) is 0.892. The number of aliphatic hydroxyl groups excluding tert-OH is 1. The maximum absolute atomic E-state index is 12.4. The van der Waals surface area contributed by atoms with E-state index in [9.17, 15) is 4.79 Å². The standard InChI is InChI=1S/C17H16BrNO2/c18-15-6-2-5-14(10-15)17(7-8-17)19-16(21)13-4-1-3-12(9-13)11-20/h1-6,9-10,20H,7-8,11H2,(H,19,21). The maximum atomic E-state index is 12.4. The van der Waals surface area contributed by atoms with Gasteiger partial charge in [-0.25, -0.2) is 0 Å². The Hall–Kier alpha value is -1.65. The van der Waals surface area contributed by atoms with Gasteiger partial charge in [0.05, 0.1) is 12.1 Å². The number of hydrogen-bond acceptors (Lipinski definition) is 2. The lowest BCUT2D eigenvalue weighted by atomic mass is 10.0. The molecule has 0 heterocycles. The van der Waals surface area contributed by atoms with Crippen LogP contribution in [0, 0.1) is 0 Å². The third kappa shape index (κ3) is 3.01. The van der Waals surface area contributed by atoms with E-state index in [1.165, 1.54) is 0 Å². The summed E-state index contributed by atoms with van der Waals surface area (Å²) in [7, 11) is 0. The third-order valence-corrected chi connectivity index (χ3v) is 4.35. The summed E-state index contributed by atoms with van der Waals surface area (Å²) in [5, 5.41) is 12.3. The van der Waals surface area contributed by atoms with Crippen LogP contribution in [0.15, 0.2) is 53.0 Å². The maximum Gasteiger partial charge on any atom is 0.251 e. The van der Waals surface area contributed by atoms with Crippen LogP contribution in [0.5, 0.6) is 0 Å². The second kappa shape index (κ2) is 5.62. The molecule has 0 aromatic heterocycles. The second-order valence-corrected chi connectivity index (χ2v) is 6.32. The Kier molecular flexibility index (Phi) is 3.83. The van der Waals surface area contributed by atoms with Crippen LogP contribution in [0.2, 0.25) is 0 Å². The number of rotatable bonds is 4.